The number of aryl methyl sites for hydroxylation is 2. The topological polar surface area (TPSA) is 94.9 Å². The number of carbonyl (C=O) groups excluding carboxylic acids is 3. The van der Waals surface area contributed by atoms with E-state index < -0.39 is 30.0 Å². The van der Waals surface area contributed by atoms with Gasteiger partial charge in [-0.25, -0.2) is 4.79 Å². The van der Waals surface area contributed by atoms with Gasteiger partial charge in [-0.15, -0.1) is 11.3 Å². The summed E-state index contributed by atoms with van der Waals surface area (Å²) in [6, 6.07) is 22.2. The first kappa shape index (κ1) is 27.9. The molecular formula is C33H34N4O4S. The van der Waals surface area contributed by atoms with E-state index in [1.165, 1.54) is 11.3 Å². The van der Waals surface area contributed by atoms with E-state index in [1.54, 1.807) is 24.0 Å². The number of carbonyl (C=O) groups is 3. The fourth-order valence-corrected chi connectivity index (χ4v) is 7.41. The number of likely N-dealkylation sites (tertiary alicyclic amines) is 1. The van der Waals surface area contributed by atoms with Crippen LogP contribution in [-0.2, 0) is 4.79 Å². The predicted octanol–water partition coefficient (Wildman–Crippen LogP) is 5.63. The van der Waals surface area contributed by atoms with Crippen LogP contribution in [0, 0.1) is 19.8 Å². The second-order valence-corrected chi connectivity index (χ2v) is 11.8. The zero-order valence-electron chi connectivity index (χ0n) is 23.7. The van der Waals surface area contributed by atoms with E-state index in [9.17, 15) is 14.4 Å². The lowest BCUT2D eigenvalue weighted by atomic mass is 9.79. The van der Waals surface area contributed by atoms with Gasteiger partial charge in [-0.1, -0.05) is 48.5 Å². The highest BCUT2D eigenvalue weighted by Gasteiger charge is 2.59. The maximum atomic E-state index is 14.6. The number of nitrogens with zero attached hydrogens (tertiary/aromatic N) is 2. The van der Waals surface area contributed by atoms with Gasteiger partial charge in [0.05, 0.1) is 12.0 Å². The summed E-state index contributed by atoms with van der Waals surface area (Å²) < 4.78 is 5.87. The third-order valence-electron chi connectivity index (χ3n) is 8.24. The molecule has 4 unspecified atom stereocenters. The summed E-state index contributed by atoms with van der Waals surface area (Å²) in [7, 11) is 0. The van der Waals surface area contributed by atoms with Crippen LogP contribution in [0.15, 0.2) is 88.7 Å². The Morgan fingerprint density at radius 2 is 1.60 bits per heavy atom. The number of nitrogens with one attached hydrogen (secondary N) is 2. The summed E-state index contributed by atoms with van der Waals surface area (Å²) in [5, 5.41) is 8.32. The van der Waals surface area contributed by atoms with E-state index in [1.807, 2.05) is 83.9 Å². The van der Waals surface area contributed by atoms with Crippen molar-refractivity contribution in [3.8, 4) is 0 Å². The van der Waals surface area contributed by atoms with Crippen molar-refractivity contribution in [2.75, 3.05) is 31.5 Å². The second-order valence-electron chi connectivity index (χ2n) is 10.9. The largest absolute Gasteiger partial charge is 0.458 e. The van der Waals surface area contributed by atoms with Crippen LogP contribution >= 0.6 is 11.3 Å². The van der Waals surface area contributed by atoms with Crippen LogP contribution in [0.3, 0.4) is 0 Å². The van der Waals surface area contributed by atoms with Crippen molar-refractivity contribution in [2.45, 2.75) is 31.8 Å². The molecule has 4 atom stereocenters. The van der Waals surface area contributed by atoms with E-state index in [-0.39, 0.29) is 17.5 Å². The van der Waals surface area contributed by atoms with Gasteiger partial charge < -0.3 is 24.9 Å². The molecular weight excluding hydrogens is 548 g/mol. The molecule has 4 aromatic rings. The highest BCUT2D eigenvalue weighted by atomic mass is 32.1. The zero-order valence-corrected chi connectivity index (χ0v) is 24.5. The average molecular weight is 583 g/mol. The molecule has 2 aromatic heterocycles. The van der Waals surface area contributed by atoms with Crippen LogP contribution < -0.4 is 10.6 Å². The van der Waals surface area contributed by atoms with Crippen LogP contribution in [0.2, 0.25) is 0 Å². The SMILES string of the molecule is Cc1ccc(C(=O)C2C(c3sccc3C)C(C(=O)N3CCNCC3)N(C(=O)Nc3ccccc3)C2c2ccccc2)o1. The fourth-order valence-electron chi connectivity index (χ4n) is 6.31. The third kappa shape index (κ3) is 5.26. The second kappa shape index (κ2) is 12.0. The molecule has 3 amide bonds. The molecule has 0 bridgehead atoms. The lowest BCUT2D eigenvalue weighted by Gasteiger charge is -2.36. The van der Waals surface area contributed by atoms with Gasteiger partial charge in [0.2, 0.25) is 11.7 Å². The van der Waals surface area contributed by atoms with Gasteiger partial charge in [0.15, 0.2) is 5.76 Å². The molecule has 6 rings (SSSR count). The van der Waals surface area contributed by atoms with Crippen LogP contribution in [0.5, 0.6) is 0 Å². The maximum absolute atomic E-state index is 14.6. The van der Waals surface area contributed by atoms with Gasteiger partial charge in [-0.3, -0.25) is 9.59 Å². The number of ketones is 1. The zero-order chi connectivity index (χ0) is 29.2. The summed E-state index contributed by atoms with van der Waals surface area (Å²) in [6.07, 6.45) is 0. The summed E-state index contributed by atoms with van der Waals surface area (Å²) >= 11 is 1.53. The monoisotopic (exact) mass is 582 g/mol. The number of para-hydroxylation sites is 1. The third-order valence-corrected chi connectivity index (χ3v) is 9.36. The van der Waals surface area contributed by atoms with Gasteiger partial charge >= 0.3 is 6.03 Å². The molecule has 2 aliphatic heterocycles. The Morgan fingerprint density at radius 1 is 0.905 bits per heavy atom. The molecule has 216 valence electrons. The van der Waals surface area contributed by atoms with Crippen molar-refractivity contribution in [3.63, 3.8) is 0 Å². The van der Waals surface area contributed by atoms with Gasteiger partial charge in [0.1, 0.15) is 11.8 Å². The summed E-state index contributed by atoms with van der Waals surface area (Å²) in [4.78, 5) is 48.0. The quantitative estimate of drug-likeness (QED) is 0.288. The molecule has 4 heterocycles. The van der Waals surface area contributed by atoms with Crippen molar-refractivity contribution < 1.29 is 18.8 Å². The van der Waals surface area contributed by atoms with Crippen molar-refractivity contribution in [1.82, 2.24) is 15.1 Å². The normalized spacial score (nSPS) is 22.2. The number of hydrogen-bond donors (Lipinski definition) is 2. The molecule has 8 nitrogen and oxygen atoms in total. The van der Waals surface area contributed by atoms with Gasteiger partial charge in [0, 0.05) is 42.7 Å². The molecule has 9 heteroatoms. The molecule has 2 fully saturated rings. The number of piperazine rings is 1. The molecule has 2 aromatic carbocycles. The first-order valence-corrected chi connectivity index (χ1v) is 15.2. The minimum atomic E-state index is -0.903. The molecule has 0 radical (unpaired) electrons. The number of benzene rings is 2. The number of rotatable bonds is 6. The Balaban J connectivity index is 1.56. The summed E-state index contributed by atoms with van der Waals surface area (Å²) in [5.41, 5.74) is 2.40. The van der Waals surface area contributed by atoms with E-state index in [0.717, 1.165) is 16.0 Å². The van der Waals surface area contributed by atoms with Crippen molar-refractivity contribution >= 4 is 34.7 Å². The van der Waals surface area contributed by atoms with Crippen LogP contribution in [0.25, 0.3) is 0 Å². The van der Waals surface area contributed by atoms with Crippen LogP contribution in [0.4, 0.5) is 10.5 Å². The number of hydrogen-bond acceptors (Lipinski definition) is 6. The molecule has 42 heavy (non-hydrogen) atoms. The standard InChI is InChI=1S/C33H34N4O4S/c1-21-15-20-42-31(21)27-26(30(38)25-14-13-22(2)41-25)28(23-9-5-3-6-10-23)37(33(40)35-24-11-7-4-8-12-24)29(27)32(39)36-18-16-34-17-19-36/h3-15,20,26-29,34H,16-19H2,1-2H3,(H,35,40). The number of furan rings is 1. The van der Waals surface area contributed by atoms with Gasteiger partial charge in [0.25, 0.3) is 0 Å². The number of anilines is 1. The Kier molecular flexibility index (Phi) is 7.95. The van der Waals surface area contributed by atoms with Crippen molar-refractivity contribution in [2.24, 2.45) is 5.92 Å². The highest BCUT2D eigenvalue weighted by Crippen LogP contribution is 2.53. The fraction of sp³-hybridized carbons (Fsp3) is 0.303. The van der Waals surface area contributed by atoms with Crippen molar-refractivity contribution in [1.29, 1.82) is 0 Å². The first-order chi connectivity index (χ1) is 20.4. The molecule has 0 aliphatic carbocycles. The summed E-state index contributed by atoms with van der Waals surface area (Å²) in [5.74, 6) is -0.835. The van der Waals surface area contributed by atoms with Gasteiger partial charge in [-0.2, -0.15) is 0 Å². The summed E-state index contributed by atoms with van der Waals surface area (Å²) in [6.45, 7) is 6.22. The molecule has 2 aliphatic rings. The van der Waals surface area contributed by atoms with Crippen LogP contribution in [-0.4, -0.2) is 59.7 Å². The first-order valence-electron chi connectivity index (χ1n) is 14.3. The molecule has 0 spiro atoms. The van der Waals surface area contributed by atoms with E-state index in [0.29, 0.717) is 37.6 Å². The van der Waals surface area contributed by atoms with Gasteiger partial charge in [-0.05, 0) is 60.7 Å². The lowest BCUT2D eigenvalue weighted by molar-refractivity contribution is -0.136. The molecule has 0 saturated carbocycles. The Morgan fingerprint density at radius 3 is 2.21 bits per heavy atom. The minimum Gasteiger partial charge on any atom is -0.458 e. The smallest absolute Gasteiger partial charge is 0.323 e. The number of Topliss-reactive ketones (excluding diaryl/α,β-unsaturated/α-hetero) is 1. The average Bonchev–Trinajstić information content (AvgIpc) is 3.74. The highest BCUT2D eigenvalue weighted by molar-refractivity contribution is 7.10. The Labute approximate surface area is 249 Å². The van der Waals surface area contributed by atoms with E-state index in [2.05, 4.69) is 10.6 Å². The minimum absolute atomic E-state index is 0.149. The molecule has 2 N–H and O–H groups in total. The van der Waals surface area contributed by atoms with E-state index >= 15 is 0 Å². The van der Waals surface area contributed by atoms with E-state index in [4.69, 9.17) is 4.42 Å². The maximum Gasteiger partial charge on any atom is 0.323 e. The number of urea groups is 1. The predicted molar refractivity (Wildman–Crippen MR) is 163 cm³/mol. The number of thiophene rings is 1. The van der Waals surface area contributed by atoms with Crippen LogP contribution in [0.1, 0.15) is 44.3 Å². The Bertz CT molecular complexity index is 1560. The Hall–Kier alpha value is -4.21. The van der Waals surface area contributed by atoms with Crippen molar-refractivity contribution in [3.05, 3.63) is 112 Å². The lowest BCUT2D eigenvalue weighted by Crippen LogP contribution is -2.55. The molecule has 2 saturated heterocycles. The number of amides is 3.